The zero-order valence-corrected chi connectivity index (χ0v) is 12.5. The summed E-state index contributed by atoms with van der Waals surface area (Å²) < 4.78 is 7.06. The predicted molar refractivity (Wildman–Crippen MR) is 76.8 cm³/mol. The molecule has 8 nitrogen and oxygen atoms in total. The summed E-state index contributed by atoms with van der Waals surface area (Å²) in [6.07, 6.45) is 3.13. The molecular weight excluding hydrogens is 298 g/mol. The number of halogens is 1. The van der Waals surface area contributed by atoms with Crippen molar-refractivity contribution in [1.82, 2.24) is 19.6 Å². The van der Waals surface area contributed by atoms with Crippen LogP contribution in [0.25, 0.3) is 0 Å². The Morgan fingerprint density at radius 1 is 1.48 bits per heavy atom. The number of carbonyl (C=O) groups excluding carboxylic acids is 1. The minimum atomic E-state index is -0.579. The molecule has 0 aliphatic carbocycles. The summed E-state index contributed by atoms with van der Waals surface area (Å²) in [5.41, 5.74) is 1.24. The molecule has 2 aromatic rings. The van der Waals surface area contributed by atoms with Gasteiger partial charge in [-0.2, -0.15) is 10.2 Å². The van der Waals surface area contributed by atoms with Crippen LogP contribution >= 0.6 is 11.6 Å². The van der Waals surface area contributed by atoms with E-state index >= 15 is 0 Å². The fourth-order valence-corrected chi connectivity index (χ4v) is 1.91. The van der Waals surface area contributed by atoms with E-state index < -0.39 is 11.5 Å². The second kappa shape index (κ2) is 5.96. The third-order valence-corrected chi connectivity index (χ3v) is 3.14. The van der Waals surface area contributed by atoms with E-state index in [2.05, 4.69) is 20.3 Å². The van der Waals surface area contributed by atoms with Crippen LogP contribution in [0.5, 0.6) is 0 Å². The summed E-state index contributed by atoms with van der Waals surface area (Å²) >= 11 is 6.02. The Morgan fingerprint density at radius 2 is 2.19 bits per heavy atom. The zero-order chi connectivity index (χ0) is 15.6. The van der Waals surface area contributed by atoms with E-state index in [1.807, 2.05) is 6.92 Å². The van der Waals surface area contributed by atoms with Gasteiger partial charge in [-0.1, -0.05) is 11.6 Å². The van der Waals surface area contributed by atoms with Gasteiger partial charge < -0.3 is 10.1 Å². The SMILES string of the molecule is COC(=O)Cn1ncc(Nc2cn(C)nc2C)c(Cl)c1=O. The molecule has 0 saturated carbocycles. The van der Waals surface area contributed by atoms with Crippen molar-refractivity contribution >= 4 is 28.9 Å². The molecule has 0 aromatic carbocycles. The number of hydrogen-bond donors (Lipinski definition) is 1. The van der Waals surface area contributed by atoms with Gasteiger partial charge in [0.1, 0.15) is 11.6 Å². The third kappa shape index (κ3) is 3.22. The molecule has 2 heterocycles. The Morgan fingerprint density at radius 3 is 2.76 bits per heavy atom. The number of aryl methyl sites for hydroxylation is 2. The number of esters is 1. The van der Waals surface area contributed by atoms with Gasteiger partial charge in [-0.15, -0.1) is 0 Å². The number of anilines is 2. The fraction of sp³-hybridized carbons (Fsp3) is 0.333. The molecular formula is C12H14ClN5O3. The lowest BCUT2D eigenvalue weighted by atomic mass is 10.3. The maximum atomic E-state index is 12.0. The van der Waals surface area contributed by atoms with Gasteiger partial charge in [0.15, 0.2) is 0 Å². The lowest BCUT2D eigenvalue weighted by molar-refractivity contribution is -0.141. The molecule has 112 valence electrons. The zero-order valence-electron chi connectivity index (χ0n) is 11.8. The highest BCUT2D eigenvalue weighted by molar-refractivity contribution is 6.33. The molecule has 0 saturated heterocycles. The molecule has 1 N–H and O–H groups in total. The molecule has 2 rings (SSSR count). The van der Waals surface area contributed by atoms with Crippen molar-refractivity contribution < 1.29 is 9.53 Å². The lowest BCUT2D eigenvalue weighted by Crippen LogP contribution is -2.28. The first-order valence-corrected chi connectivity index (χ1v) is 6.40. The first kappa shape index (κ1) is 15.0. The predicted octanol–water partition coefficient (Wildman–Crippen LogP) is 0.855. The van der Waals surface area contributed by atoms with Gasteiger partial charge >= 0.3 is 5.97 Å². The smallest absolute Gasteiger partial charge is 0.327 e. The molecule has 0 atom stereocenters. The van der Waals surface area contributed by atoms with Crippen molar-refractivity contribution in [1.29, 1.82) is 0 Å². The molecule has 0 unspecified atom stereocenters. The van der Waals surface area contributed by atoms with Crippen LogP contribution in [0.4, 0.5) is 11.4 Å². The van der Waals surface area contributed by atoms with Crippen molar-refractivity contribution in [3.8, 4) is 0 Å². The van der Waals surface area contributed by atoms with E-state index in [4.69, 9.17) is 11.6 Å². The van der Waals surface area contributed by atoms with Crippen molar-refractivity contribution in [2.24, 2.45) is 7.05 Å². The summed E-state index contributed by atoms with van der Waals surface area (Å²) in [4.78, 5) is 23.2. The molecule has 9 heteroatoms. The molecule has 0 bridgehead atoms. The van der Waals surface area contributed by atoms with Crippen LogP contribution in [-0.2, 0) is 23.1 Å². The number of aromatic nitrogens is 4. The first-order valence-electron chi connectivity index (χ1n) is 6.02. The highest BCUT2D eigenvalue weighted by Crippen LogP contribution is 2.22. The van der Waals surface area contributed by atoms with E-state index in [0.717, 1.165) is 10.4 Å². The number of rotatable bonds is 4. The molecule has 21 heavy (non-hydrogen) atoms. The minimum Gasteiger partial charge on any atom is -0.468 e. The van der Waals surface area contributed by atoms with Gasteiger partial charge in [0, 0.05) is 13.2 Å². The second-order valence-corrected chi connectivity index (χ2v) is 4.72. The van der Waals surface area contributed by atoms with Crippen molar-refractivity contribution in [2.45, 2.75) is 13.5 Å². The largest absolute Gasteiger partial charge is 0.468 e. The number of nitrogens with one attached hydrogen (secondary N) is 1. The molecule has 0 aliphatic rings. The Hall–Kier alpha value is -2.35. The van der Waals surface area contributed by atoms with Crippen LogP contribution < -0.4 is 10.9 Å². The molecule has 0 amide bonds. The highest BCUT2D eigenvalue weighted by atomic mass is 35.5. The van der Waals surface area contributed by atoms with Crippen molar-refractivity contribution in [3.63, 3.8) is 0 Å². The molecule has 2 aromatic heterocycles. The van der Waals surface area contributed by atoms with Crippen LogP contribution in [0.15, 0.2) is 17.2 Å². The Kier molecular flexibility index (Phi) is 4.27. The Labute approximate surface area is 125 Å². The molecule has 0 radical (unpaired) electrons. The third-order valence-electron chi connectivity index (χ3n) is 2.77. The number of methoxy groups -OCH3 is 1. The maximum absolute atomic E-state index is 12.0. The van der Waals surface area contributed by atoms with Gasteiger partial charge in [0.05, 0.1) is 30.4 Å². The summed E-state index contributed by atoms with van der Waals surface area (Å²) in [5, 5.41) is 11.0. The van der Waals surface area contributed by atoms with Crippen LogP contribution in [-0.4, -0.2) is 32.6 Å². The van der Waals surface area contributed by atoms with E-state index in [1.54, 1.807) is 17.9 Å². The van der Waals surface area contributed by atoms with E-state index in [-0.39, 0.29) is 11.6 Å². The fourth-order valence-electron chi connectivity index (χ4n) is 1.72. The molecule has 0 fully saturated rings. The average Bonchev–Trinajstić information content (AvgIpc) is 2.76. The summed E-state index contributed by atoms with van der Waals surface area (Å²) in [6, 6.07) is 0. The van der Waals surface area contributed by atoms with Crippen LogP contribution in [0.1, 0.15) is 5.69 Å². The van der Waals surface area contributed by atoms with Crippen molar-refractivity contribution in [2.75, 3.05) is 12.4 Å². The quantitative estimate of drug-likeness (QED) is 0.842. The van der Waals surface area contributed by atoms with Crippen LogP contribution in [0.2, 0.25) is 5.02 Å². The number of ether oxygens (including phenoxy) is 1. The van der Waals surface area contributed by atoms with Gasteiger partial charge in [-0.05, 0) is 6.92 Å². The summed E-state index contributed by atoms with van der Waals surface area (Å²) in [5.74, 6) is -0.579. The summed E-state index contributed by atoms with van der Waals surface area (Å²) in [6.45, 7) is 1.53. The number of carbonyl (C=O) groups is 1. The average molecular weight is 312 g/mol. The summed E-state index contributed by atoms with van der Waals surface area (Å²) in [7, 11) is 3.02. The van der Waals surface area contributed by atoms with Crippen LogP contribution in [0.3, 0.4) is 0 Å². The second-order valence-electron chi connectivity index (χ2n) is 4.34. The maximum Gasteiger partial charge on any atom is 0.327 e. The molecule has 0 aliphatic heterocycles. The normalized spacial score (nSPS) is 10.5. The monoisotopic (exact) mass is 311 g/mol. The lowest BCUT2D eigenvalue weighted by Gasteiger charge is -2.08. The van der Waals surface area contributed by atoms with E-state index in [0.29, 0.717) is 11.4 Å². The number of hydrogen-bond acceptors (Lipinski definition) is 6. The highest BCUT2D eigenvalue weighted by Gasteiger charge is 2.13. The first-order chi connectivity index (χ1) is 9.92. The molecule has 0 spiro atoms. The van der Waals surface area contributed by atoms with Crippen molar-refractivity contribution in [3.05, 3.63) is 33.5 Å². The standard InChI is InChI=1S/C12H14ClN5O3/c1-7-9(5-17(2)16-7)15-8-4-14-18(6-10(19)21-3)12(20)11(8)13/h4-5,15H,6H2,1-3H3. The number of nitrogens with zero attached hydrogens (tertiary/aromatic N) is 4. The Balaban J connectivity index is 2.30. The van der Waals surface area contributed by atoms with E-state index in [9.17, 15) is 9.59 Å². The Bertz CT molecular complexity index is 737. The van der Waals surface area contributed by atoms with Gasteiger partial charge in [-0.25, -0.2) is 4.68 Å². The van der Waals surface area contributed by atoms with Crippen LogP contribution in [0, 0.1) is 6.92 Å². The van der Waals surface area contributed by atoms with Gasteiger partial charge in [0.2, 0.25) is 0 Å². The van der Waals surface area contributed by atoms with Gasteiger partial charge in [0.25, 0.3) is 5.56 Å². The topological polar surface area (TPSA) is 91.0 Å². The minimum absolute atomic E-state index is 0.0582. The van der Waals surface area contributed by atoms with Gasteiger partial charge in [-0.3, -0.25) is 14.3 Å². The van der Waals surface area contributed by atoms with E-state index in [1.165, 1.54) is 13.3 Å².